The predicted molar refractivity (Wildman–Crippen MR) is 109 cm³/mol. The van der Waals surface area contributed by atoms with Gasteiger partial charge in [-0.05, 0) is 36.6 Å². The number of benzene rings is 1. The number of carbonyl (C=O) groups is 1. The van der Waals surface area contributed by atoms with Gasteiger partial charge in [-0.1, -0.05) is 31.4 Å². The third kappa shape index (κ3) is 5.64. The summed E-state index contributed by atoms with van der Waals surface area (Å²) in [6.45, 7) is 0. The van der Waals surface area contributed by atoms with Crippen LogP contribution in [0.2, 0.25) is 0 Å². The van der Waals surface area contributed by atoms with Crippen LogP contribution in [-0.4, -0.2) is 25.5 Å². The van der Waals surface area contributed by atoms with Gasteiger partial charge in [-0.15, -0.1) is 0 Å². The Morgan fingerprint density at radius 2 is 1.93 bits per heavy atom. The molecule has 1 fully saturated rings. The Hall–Kier alpha value is -2.21. The van der Waals surface area contributed by atoms with Crippen molar-refractivity contribution in [3.05, 3.63) is 53.4 Å². The minimum absolute atomic E-state index is 0.263. The van der Waals surface area contributed by atoms with Crippen LogP contribution in [0.4, 0.5) is 5.69 Å². The molecule has 7 nitrogen and oxygen atoms in total. The third-order valence-corrected chi connectivity index (χ3v) is 5.81. The Balaban J connectivity index is 1.64. The van der Waals surface area contributed by atoms with Crippen LogP contribution in [-0.2, 0) is 22.6 Å². The third-order valence-electron chi connectivity index (χ3n) is 5.03. The lowest BCUT2D eigenvalue weighted by atomic mass is 9.85. The number of rotatable bonds is 6. The van der Waals surface area contributed by atoms with Gasteiger partial charge in [0.05, 0.1) is 12.4 Å². The van der Waals surface area contributed by atoms with Crippen molar-refractivity contribution in [1.82, 2.24) is 9.78 Å². The van der Waals surface area contributed by atoms with Crippen molar-refractivity contribution in [3.63, 3.8) is 0 Å². The number of aryl methyl sites for hydroxylation is 1. The van der Waals surface area contributed by atoms with E-state index >= 15 is 0 Å². The number of hydrogen-bond acceptors (Lipinski definition) is 3. The summed E-state index contributed by atoms with van der Waals surface area (Å²) >= 11 is 0. The molecule has 0 unspecified atom stereocenters. The standard InChI is InChI=1S/C20H26N3O4P/c1-23-20(16-5-3-2-4-6-16)17(13-21-23)9-12-19(24)22-18-10-7-15(8-11-18)14-28(25,26)27/h7-13,16H,2-6,14H2,1H3,(H,22,24)(H2,25,26,27). The fourth-order valence-corrected chi connectivity index (χ4v) is 4.44. The second-order valence-corrected chi connectivity index (χ2v) is 8.93. The van der Waals surface area contributed by atoms with Gasteiger partial charge in [0, 0.05) is 36.0 Å². The van der Waals surface area contributed by atoms with E-state index in [-0.39, 0.29) is 12.1 Å². The van der Waals surface area contributed by atoms with Gasteiger partial charge in [0.1, 0.15) is 0 Å². The molecule has 0 radical (unpaired) electrons. The van der Waals surface area contributed by atoms with Crippen molar-refractivity contribution < 1.29 is 19.1 Å². The molecular weight excluding hydrogens is 377 g/mol. The van der Waals surface area contributed by atoms with Gasteiger partial charge in [-0.2, -0.15) is 5.10 Å². The number of nitrogens with one attached hydrogen (secondary N) is 1. The Morgan fingerprint density at radius 1 is 1.25 bits per heavy atom. The first-order valence-electron chi connectivity index (χ1n) is 9.46. The van der Waals surface area contributed by atoms with Gasteiger partial charge in [-0.25, -0.2) is 0 Å². The van der Waals surface area contributed by atoms with Gasteiger partial charge < -0.3 is 15.1 Å². The fourth-order valence-electron chi connectivity index (χ4n) is 3.75. The normalized spacial score (nSPS) is 15.8. The number of aromatic nitrogens is 2. The molecule has 1 amide bonds. The van der Waals surface area contributed by atoms with Crippen molar-refractivity contribution in [2.75, 3.05) is 5.32 Å². The molecule has 0 aliphatic heterocycles. The molecule has 1 aliphatic rings. The van der Waals surface area contributed by atoms with Crippen LogP contribution in [0.3, 0.4) is 0 Å². The average molecular weight is 403 g/mol. The minimum atomic E-state index is -4.10. The molecule has 1 aliphatic carbocycles. The molecule has 0 spiro atoms. The first-order valence-corrected chi connectivity index (χ1v) is 11.3. The highest BCUT2D eigenvalue weighted by Gasteiger charge is 2.21. The SMILES string of the molecule is Cn1ncc(C=CC(=O)Nc2ccc(CP(=O)(O)O)cc2)c1C1CCCCC1. The van der Waals surface area contributed by atoms with E-state index < -0.39 is 7.60 Å². The Bertz CT molecular complexity index is 893. The van der Waals surface area contributed by atoms with E-state index in [4.69, 9.17) is 9.79 Å². The molecule has 1 aromatic heterocycles. The summed E-state index contributed by atoms with van der Waals surface area (Å²) in [4.78, 5) is 30.3. The summed E-state index contributed by atoms with van der Waals surface area (Å²) < 4.78 is 12.9. The summed E-state index contributed by atoms with van der Waals surface area (Å²) in [5.41, 5.74) is 3.25. The smallest absolute Gasteiger partial charge is 0.324 e. The molecule has 1 heterocycles. The van der Waals surface area contributed by atoms with Crippen LogP contribution in [0.5, 0.6) is 0 Å². The van der Waals surface area contributed by atoms with E-state index in [1.165, 1.54) is 31.0 Å². The number of hydrogen-bond donors (Lipinski definition) is 3. The van der Waals surface area contributed by atoms with Crippen LogP contribution >= 0.6 is 7.60 Å². The predicted octanol–water partition coefficient (Wildman–Crippen LogP) is 3.80. The van der Waals surface area contributed by atoms with Gasteiger partial charge in [0.2, 0.25) is 5.91 Å². The van der Waals surface area contributed by atoms with E-state index in [2.05, 4.69) is 10.4 Å². The molecular formula is C20H26N3O4P. The highest BCUT2D eigenvalue weighted by molar-refractivity contribution is 7.50. The van der Waals surface area contributed by atoms with Crippen LogP contribution in [0.15, 0.2) is 36.5 Å². The summed E-state index contributed by atoms with van der Waals surface area (Å²) in [5.74, 6) is 0.228. The highest BCUT2D eigenvalue weighted by atomic mass is 31.2. The van der Waals surface area contributed by atoms with E-state index in [0.717, 1.165) is 18.4 Å². The maximum atomic E-state index is 12.2. The molecule has 1 saturated carbocycles. The zero-order valence-electron chi connectivity index (χ0n) is 15.9. The Kier molecular flexibility index (Phi) is 6.50. The van der Waals surface area contributed by atoms with Crippen molar-refractivity contribution in [3.8, 4) is 0 Å². The molecule has 2 aromatic rings. The lowest BCUT2D eigenvalue weighted by Gasteiger charge is -2.22. The highest BCUT2D eigenvalue weighted by Crippen LogP contribution is 2.39. The van der Waals surface area contributed by atoms with Crippen LogP contribution in [0, 0.1) is 0 Å². The molecule has 3 rings (SSSR count). The first kappa shape index (κ1) is 20.5. The molecule has 0 bridgehead atoms. The molecule has 150 valence electrons. The number of amides is 1. The Morgan fingerprint density at radius 3 is 2.57 bits per heavy atom. The molecule has 3 N–H and O–H groups in total. The lowest BCUT2D eigenvalue weighted by Crippen LogP contribution is -2.11. The van der Waals surface area contributed by atoms with Crippen molar-refractivity contribution in [2.24, 2.45) is 7.05 Å². The molecule has 28 heavy (non-hydrogen) atoms. The van der Waals surface area contributed by atoms with E-state index in [9.17, 15) is 9.36 Å². The van der Waals surface area contributed by atoms with Gasteiger partial charge >= 0.3 is 7.60 Å². The summed E-state index contributed by atoms with van der Waals surface area (Å²) in [5, 5.41) is 7.12. The maximum Gasteiger partial charge on any atom is 0.329 e. The number of anilines is 1. The van der Waals surface area contributed by atoms with Crippen LogP contribution < -0.4 is 5.32 Å². The topological polar surface area (TPSA) is 104 Å². The quantitative estimate of drug-likeness (QED) is 0.503. The van der Waals surface area contributed by atoms with E-state index in [1.807, 2.05) is 11.7 Å². The molecule has 0 atom stereocenters. The van der Waals surface area contributed by atoms with Gasteiger partial charge in [0.25, 0.3) is 0 Å². The monoisotopic (exact) mass is 403 g/mol. The average Bonchev–Trinajstić information content (AvgIpc) is 3.02. The summed E-state index contributed by atoms with van der Waals surface area (Å²) in [7, 11) is -2.15. The summed E-state index contributed by atoms with van der Waals surface area (Å²) in [6, 6.07) is 6.46. The fraction of sp³-hybridized carbons (Fsp3) is 0.400. The lowest BCUT2D eigenvalue weighted by molar-refractivity contribution is -0.111. The molecule has 1 aromatic carbocycles. The first-order chi connectivity index (χ1) is 13.3. The number of nitrogens with zero attached hydrogens (tertiary/aromatic N) is 2. The summed E-state index contributed by atoms with van der Waals surface area (Å²) in [6.07, 6.45) is 10.9. The second-order valence-electron chi connectivity index (χ2n) is 7.29. The van der Waals surface area contributed by atoms with E-state index in [0.29, 0.717) is 17.2 Å². The van der Waals surface area contributed by atoms with Crippen molar-refractivity contribution in [2.45, 2.75) is 44.2 Å². The zero-order chi connectivity index (χ0) is 20.1. The second kappa shape index (κ2) is 8.86. The number of carbonyl (C=O) groups excluding carboxylic acids is 1. The van der Waals surface area contributed by atoms with Crippen LogP contribution in [0.1, 0.15) is 54.8 Å². The Labute approximate surface area is 164 Å². The molecule has 8 heteroatoms. The van der Waals surface area contributed by atoms with Gasteiger partial charge in [-0.3, -0.25) is 14.0 Å². The van der Waals surface area contributed by atoms with E-state index in [1.54, 1.807) is 36.5 Å². The van der Waals surface area contributed by atoms with Crippen LogP contribution in [0.25, 0.3) is 6.08 Å². The van der Waals surface area contributed by atoms with Crippen molar-refractivity contribution in [1.29, 1.82) is 0 Å². The van der Waals surface area contributed by atoms with Gasteiger partial charge in [0.15, 0.2) is 0 Å². The zero-order valence-corrected chi connectivity index (χ0v) is 16.8. The molecule has 0 saturated heterocycles. The maximum absolute atomic E-state index is 12.2. The largest absolute Gasteiger partial charge is 0.329 e. The minimum Gasteiger partial charge on any atom is -0.324 e. The van der Waals surface area contributed by atoms with Crippen molar-refractivity contribution >= 4 is 25.3 Å².